The highest BCUT2D eigenvalue weighted by Crippen LogP contribution is 2.37. The average molecular weight is 482 g/mol. The highest BCUT2D eigenvalue weighted by molar-refractivity contribution is 7.89. The molecule has 10 heteroatoms. The van der Waals surface area contributed by atoms with E-state index in [-0.39, 0.29) is 33.9 Å². The van der Waals surface area contributed by atoms with Crippen molar-refractivity contribution >= 4 is 45.4 Å². The van der Waals surface area contributed by atoms with Gasteiger partial charge in [-0.05, 0) is 49.6 Å². The predicted molar refractivity (Wildman–Crippen MR) is 116 cm³/mol. The highest BCUT2D eigenvalue weighted by Gasteiger charge is 2.50. The van der Waals surface area contributed by atoms with Gasteiger partial charge in [-0.25, -0.2) is 8.42 Å². The van der Waals surface area contributed by atoms with Gasteiger partial charge in [-0.3, -0.25) is 9.78 Å². The molecule has 2 aliphatic heterocycles. The first kappa shape index (κ1) is 22.2. The summed E-state index contributed by atoms with van der Waals surface area (Å²) in [7, 11) is -4.12. The lowest BCUT2D eigenvalue weighted by atomic mass is 9.91. The zero-order chi connectivity index (χ0) is 22.2. The number of hydrogen-bond acceptors (Lipinski definition) is 5. The molecule has 1 aromatic heterocycles. The van der Waals surface area contributed by atoms with Crippen LogP contribution in [-0.4, -0.2) is 53.4 Å². The molecule has 0 N–H and O–H groups in total. The molecule has 2 unspecified atom stereocenters. The summed E-state index contributed by atoms with van der Waals surface area (Å²) in [5.41, 5.74) is 0.674. The number of halogens is 2. The van der Waals surface area contributed by atoms with E-state index in [1.165, 1.54) is 22.5 Å². The number of pyridine rings is 1. The number of piperidine rings is 1. The Morgan fingerprint density at radius 1 is 1.13 bits per heavy atom. The van der Waals surface area contributed by atoms with E-state index in [1.54, 1.807) is 23.2 Å². The molecule has 7 nitrogen and oxygen atoms in total. The van der Waals surface area contributed by atoms with Crippen molar-refractivity contribution in [3.8, 4) is 0 Å². The Hall–Kier alpha value is -2.00. The topological polar surface area (TPSA) is 87.7 Å². The van der Waals surface area contributed by atoms with Gasteiger partial charge in [0.05, 0.1) is 17.1 Å². The fourth-order valence-electron chi connectivity index (χ4n) is 4.43. The van der Waals surface area contributed by atoms with E-state index in [4.69, 9.17) is 23.2 Å². The minimum Gasteiger partial charge on any atom is -0.335 e. The van der Waals surface area contributed by atoms with Gasteiger partial charge in [-0.2, -0.15) is 4.31 Å². The molecule has 3 atom stereocenters. The van der Waals surface area contributed by atoms with Gasteiger partial charge in [-0.15, -0.1) is 0 Å². The number of carbonyl (C=O) groups excluding carboxylic acids is 2. The molecule has 2 saturated heterocycles. The Morgan fingerprint density at radius 3 is 2.52 bits per heavy atom. The standard InChI is InChI=1S/C21H21Cl2N3O4S/c22-15-8-16(23)10-18(9-15)31(29,30)26-19-5-3-6-20(26)21(28)25(11-14(19)13-27)12-17-4-1-2-7-24-17/h1-2,4,7-10,13-14,19-20H,3,5-6,11-12H2/t14-,19?,20?/m1/s1. The lowest BCUT2D eigenvalue weighted by Crippen LogP contribution is -2.54. The molecule has 0 radical (unpaired) electrons. The van der Waals surface area contributed by atoms with E-state index in [9.17, 15) is 18.0 Å². The van der Waals surface area contributed by atoms with Crippen LogP contribution in [0, 0.1) is 5.92 Å². The average Bonchev–Trinajstić information content (AvgIpc) is 2.81. The Bertz CT molecular complexity index is 1080. The lowest BCUT2D eigenvalue weighted by molar-refractivity contribution is -0.135. The van der Waals surface area contributed by atoms with Gasteiger partial charge in [-0.1, -0.05) is 29.3 Å². The number of sulfonamides is 1. The Morgan fingerprint density at radius 2 is 1.87 bits per heavy atom. The van der Waals surface area contributed by atoms with Gasteiger partial charge in [0.25, 0.3) is 0 Å². The van der Waals surface area contributed by atoms with Crippen molar-refractivity contribution in [2.24, 2.45) is 5.92 Å². The van der Waals surface area contributed by atoms with Crippen LogP contribution in [-0.2, 0) is 26.2 Å². The molecule has 31 heavy (non-hydrogen) atoms. The van der Waals surface area contributed by atoms with E-state index < -0.39 is 28.0 Å². The second kappa shape index (κ2) is 8.86. The van der Waals surface area contributed by atoms with Crippen LogP contribution in [0.4, 0.5) is 0 Å². The van der Waals surface area contributed by atoms with Crippen molar-refractivity contribution in [3.63, 3.8) is 0 Å². The van der Waals surface area contributed by atoms with Crippen molar-refractivity contribution in [1.82, 2.24) is 14.2 Å². The third-order valence-electron chi connectivity index (χ3n) is 5.80. The Kier molecular flexibility index (Phi) is 6.35. The second-order valence-corrected chi connectivity index (χ2v) is 10.5. The van der Waals surface area contributed by atoms with E-state index in [0.717, 1.165) is 6.29 Å². The number of fused-ring (bicyclic) bond motifs is 2. The van der Waals surface area contributed by atoms with Gasteiger partial charge in [0, 0.05) is 34.7 Å². The quantitative estimate of drug-likeness (QED) is 0.611. The maximum atomic E-state index is 13.6. The van der Waals surface area contributed by atoms with Gasteiger partial charge in [0.15, 0.2) is 0 Å². The van der Waals surface area contributed by atoms with Crippen molar-refractivity contribution in [1.29, 1.82) is 0 Å². The maximum Gasteiger partial charge on any atom is 0.244 e. The first-order valence-electron chi connectivity index (χ1n) is 9.95. The summed E-state index contributed by atoms with van der Waals surface area (Å²) in [6.45, 7) is 0.354. The SMILES string of the molecule is O=C[C@H]1CN(Cc2ccccn2)C(=O)C2CCCC1N2S(=O)(=O)c1cc(Cl)cc(Cl)c1. The summed E-state index contributed by atoms with van der Waals surface area (Å²) in [6, 6.07) is 7.96. The number of benzene rings is 1. The lowest BCUT2D eigenvalue weighted by Gasteiger charge is -2.39. The predicted octanol–water partition coefficient (Wildman–Crippen LogP) is 3.16. The molecule has 4 rings (SSSR count). The summed E-state index contributed by atoms with van der Waals surface area (Å²) in [6.07, 6.45) is 3.92. The van der Waals surface area contributed by atoms with E-state index in [1.807, 2.05) is 6.07 Å². The second-order valence-electron chi connectivity index (χ2n) is 7.79. The molecule has 0 spiro atoms. The summed E-state index contributed by atoms with van der Waals surface area (Å²) < 4.78 is 28.5. The minimum atomic E-state index is -4.12. The van der Waals surface area contributed by atoms with Gasteiger partial charge in [0.1, 0.15) is 12.3 Å². The van der Waals surface area contributed by atoms with Crippen LogP contribution in [0.3, 0.4) is 0 Å². The molecule has 1 aromatic carbocycles. The normalized spacial score (nSPS) is 24.6. The molecule has 3 heterocycles. The van der Waals surface area contributed by atoms with Crippen molar-refractivity contribution < 1.29 is 18.0 Å². The van der Waals surface area contributed by atoms with Crippen molar-refractivity contribution in [2.75, 3.05) is 6.54 Å². The molecule has 1 amide bonds. The molecule has 2 aliphatic rings. The highest BCUT2D eigenvalue weighted by atomic mass is 35.5. The van der Waals surface area contributed by atoms with Crippen LogP contribution < -0.4 is 0 Å². The number of rotatable bonds is 5. The Balaban J connectivity index is 1.76. The molecule has 2 bridgehead atoms. The summed E-state index contributed by atoms with van der Waals surface area (Å²) >= 11 is 12.1. The van der Waals surface area contributed by atoms with E-state index in [2.05, 4.69) is 4.98 Å². The largest absolute Gasteiger partial charge is 0.335 e. The summed E-state index contributed by atoms with van der Waals surface area (Å²) in [5.74, 6) is -0.973. The van der Waals surface area contributed by atoms with Crippen molar-refractivity contribution in [2.45, 2.75) is 42.8 Å². The Labute approximate surface area is 191 Å². The summed E-state index contributed by atoms with van der Waals surface area (Å²) in [4.78, 5) is 31.2. The fourth-order valence-corrected chi connectivity index (χ4v) is 7.03. The third-order valence-corrected chi connectivity index (χ3v) is 8.15. The number of hydrogen-bond donors (Lipinski definition) is 0. The molecular formula is C21H21Cl2N3O4S. The molecular weight excluding hydrogens is 461 g/mol. The van der Waals surface area contributed by atoms with Crippen LogP contribution in [0.25, 0.3) is 0 Å². The van der Waals surface area contributed by atoms with E-state index in [0.29, 0.717) is 25.0 Å². The fraction of sp³-hybridized carbons (Fsp3) is 0.381. The van der Waals surface area contributed by atoms with Gasteiger partial charge >= 0.3 is 0 Å². The summed E-state index contributed by atoms with van der Waals surface area (Å²) in [5, 5.41) is 0.363. The molecule has 2 fully saturated rings. The molecule has 2 aromatic rings. The minimum absolute atomic E-state index is 0.0856. The van der Waals surface area contributed by atoms with Crippen LogP contribution in [0.15, 0.2) is 47.5 Å². The molecule has 164 valence electrons. The number of amides is 1. The number of aldehydes is 1. The van der Waals surface area contributed by atoms with Gasteiger partial charge in [0.2, 0.25) is 15.9 Å². The smallest absolute Gasteiger partial charge is 0.244 e. The molecule has 0 aliphatic carbocycles. The first-order chi connectivity index (χ1) is 14.8. The van der Waals surface area contributed by atoms with Crippen molar-refractivity contribution in [3.05, 3.63) is 58.3 Å². The van der Waals surface area contributed by atoms with E-state index >= 15 is 0 Å². The number of aromatic nitrogens is 1. The van der Waals surface area contributed by atoms with Gasteiger partial charge < -0.3 is 9.69 Å². The van der Waals surface area contributed by atoms with Crippen LogP contribution in [0.2, 0.25) is 10.0 Å². The zero-order valence-corrected chi connectivity index (χ0v) is 18.9. The van der Waals surface area contributed by atoms with Crippen LogP contribution in [0.5, 0.6) is 0 Å². The first-order valence-corrected chi connectivity index (χ1v) is 12.1. The third kappa shape index (κ3) is 4.35. The van der Waals surface area contributed by atoms with Crippen LogP contribution in [0.1, 0.15) is 25.0 Å². The molecule has 0 saturated carbocycles. The van der Waals surface area contributed by atoms with Crippen LogP contribution >= 0.6 is 23.2 Å². The number of nitrogens with zero attached hydrogens (tertiary/aromatic N) is 3. The maximum absolute atomic E-state index is 13.6. The zero-order valence-electron chi connectivity index (χ0n) is 16.5. The monoisotopic (exact) mass is 481 g/mol. The number of carbonyl (C=O) groups is 2.